The van der Waals surface area contributed by atoms with E-state index < -0.39 is 0 Å². The molecular formula is C16H23NO4. The molecule has 0 radical (unpaired) electrons. The minimum absolute atomic E-state index is 0.297. The summed E-state index contributed by atoms with van der Waals surface area (Å²) in [5, 5.41) is 0. The summed E-state index contributed by atoms with van der Waals surface area (Å²) in [4.78, 5) is 14.3. The lowest BCUT2D eigenvalue weighted by Gasteiger charge is -2.43. The molecule has 1 aliphatic heterocycles. The summed E-state index contributed by atoms with van der Waals surface area (Å²) in [5.41, 5.74) is 0.552. The third kappa shape index (κ3) is 3.14. The topological polar surface area (TPSA) is 51.9 Å². The second-order valence-corrected chi connectivity index (χ2v) is 5.71. The Morgan fingerprint density at radius 3 is 3.14 bits per heavy atom. The first kappa shape index (κ1) is 14.6. The summed E-state index contributed by atoms with van der Waals surface area (Å²) in [6, 6.07) is 2.15. The Kier molecular flexibility index (Phi) is 4.60. The van der Waals surface area contributed by atoms with Gasteiger partial charge in [0.2, 0.25) is 0 Å². The number of carbonyl (C=O) groups is 1. The van der Waals surface area contributed by atoms with Crippen LogP contribution in [0.15, 0.2) is 16.7 Å². The van der Waals surface area contributed by atoms with Gasteiger partial charge in [-0.25, -0.2) is 4.79 Å². The third-order valence-corrected chi connectivity index (χ3v) is 4.43. The van der Waals surface area contributed by atoms with Crippen molar-refractivity contribution in [1.82, 2.24) is 4.90 Å². The van der Waals surface area contributed by atoms with Gasteiger partial charge in [0.25, 0.3) is 0 Å². The normalized spacial score (nSPS) is 26.3. The summed E-state index contributed by atoms with van der Waals surface area (Å²) >= 11 is 0. The summed E-state index contributed by atoms with van der Waals surface area (Å²) < 4.78 is 16.5. The van der Waals surface area contributed by atoms with Crippen molar-refractivity contribution >= 4 is 5.97 Å². The molecule has 5 heteroatoms. The van der Waals surface area contributed by atoms with Gasteiger partial charge in [-0.15, -0.1) is 0 Å². The average molecular weight is 293 g/mol. The molecule has 1 saturated carbocycles. The van der Waals surface area contributed by atoms with E-state index in [-0.39, 0.29) is 5.97 Å². The van der Waals surface area contributed by atoms with Gasteiger partial charge in [-0.1, -0.05) is 12.8 Å². The summed E-state index contributed by atoms with van der Waals surface area (Å²) in [6.45, 7) is 4.50. The van der Waals surface area contributed by atoms with Crippen LogP contribution in [0.5, 0.6) is 0 Å². The number of hydrogen-bond donors (Lipinski definition) is 0. The lowest BCUT2D eigenvalue weighted by molar-refractivity contribution is -0.0927. The van der Waals surface area contributed by atoms with E-state index in [0.717, 1.165) is 19.6 Å². The van der Waals surface area contributed by atoms with Crippen LogP contribution >= 0.6 is 0 Å². The van der Waals surface area contributed by atoms with Crippen LogP contribution in [-0.2, 0) is 16.0 Å². The molecule has 2 atom stereocenters. The fourth-order valence-electron chi connectivity index (χ4n) is 3.41. The molecular weight excluding hydrogens is 270 g/mol. The van der Waals surface area contributed by atoms with E-state index in [1.165, 1.54) is 19.3 Å². The molecule has 0 aromatic carbocycles. The molecule has 116 valence electrons. The largest absolute Gasteiger partial charge is 0.467 e. The molecule has 0 spiro atoms. The van der Waals surface area contributed by atoms with Crippen molar-refractivity contribution in [3.63, 3.8) is 0 Å². The van der Waals surface area contributed by atoms with Crippen molar-refractivity contribution in [2.45, 2.75) is 51.3 Å². The minimum Gasteiger partial charge on any atom is -0.467 e. The van der Waals surface area contributed by atoms with Crippen LogP contribution in [-0.4, -0.2) is 42.8 Å². The number of fused-ring (bicyclic) bond motifs is 1. The number of nitrogens with zero attached hydrogens (tertiary/aromatic N) is 1. The van der Waals surface area contributed by atoms with Gasteiger partial charge in [-0.3, -0.25) is 4.90 Å². The number of hydrogen-bond acceptors (Lipinski definition) is 5. The zero-order chi connectivity index (χ0) is 14.7. The molecule has 2 aliphatic rings. The van der Waals surface area contributed by atoms with Crippen molar-refractivity contribution in [2.75, 3.05) is 19.8 Å². The van der Waals surface area contributed by atoms with Gasteiger partial charge < -0.3 is 13.9 Å². The first-order valence-corrected chi connectivity index (χ1v) is 7.88. The Hall–Kier alpha value is -1.33. The van der Waals surface area contributed by atoms with Crippen LogP contribution in [0.3, 0.4) is 0 Å². The van der Waals surface area contributed by atoms with Gasteiger partial charge in [-0.2, -0.15) is 0 Å². The lowest BCUT2D eigenvalue weighted by atomic mass is 9.90. The lowest BCUT2D eigenvalue weighted by Crippen LogP contribution is -2.52. The molecule has 0 bridgehead atoms. The van der Waals surface area contributed by atoms with Crippen molar-refractivity contribution < 1.29 is 18.7 Å². The Balaban J connectivity index is 1.71. The predicted molar refractivity (Wildman–Crippen MR) is 77.1 cm³/mol. The summed E-state index contributed by atoms with van der Waals surface area (Å²) in [6.07, 6.45) is 6.73. The Morgan fingerprint density at radius 2 is 2.29 bits per heavy atom. The smallest absolute Gasteiger partial charge is 0.341 e. The predicted octanol–water partition coefficient (Wildman–Crippen LogP) is 2.60. The maximum Gasteiger partial charge on any atom is 0.341 e. The van der Waals surface area contributed by atoms with Gasteiger partial charge in [0.1, 0.15) is 11.3 Å². The second kappa shape index (κ2) is 6.62. The number of furan rings is 1. The monoisotopic (exact) mass is 293 g/mol. The molecule has 1 aliphatic carbocycles. The molecule has 1 aromatic rings. The highest BCUT2D eigenvalue weighted by Gasteiger charge is 2.35. The zero-order valence-electron chi connectivity index (χ0n) is 12.5. The fraction of sp³-hybridized carbons (Fsp3) is 0.688. The Bertz CT molecular complexity index is 482. The second-order valence-electron chi connectivity index (χ2n) is 5.71. The fourth-order valence-corrected chi connectivity index (χ4v) is 3.41. The van der Waals surface area contributed by atoms with E-state index in [2.05, 4.69) is 4.90 Å². The quantitative estimate of drug-likeness (QED) is 0.799. The maximum atomic E-state index is 11.9. The molecule has 1 aromatic heterocycles. The molecule has 0 unspecified atom stereocenters. The van der Waals surface area contributed by atoms with Crippen molar-refractivity contribution in [1.29, 1.82) is 0 Å². The molecule has 0 amide bonds. The van der Waals surface area contributed by atoms with E-state index in [0.29, 0.717) is 36.6 Å². The number of ether oxygens (including phenoxy) is 2. The van der Waals surface area contributed by atoms with Crippen LogP contribution in [0.25, 0.3) is 0 Å². The molecule has 0 N–H and O–H groups in total. The molecule has 3 rings (SSSR count). The van der Waals surface area contributed by atoms with Crippen molar-refractivity contribution in [3.05, 3.63) is 23.7 Å². The maximum absolute atomic E-state index is 11.9. The van der Waals surface area contributed by atoms with E-state index in [9.17, 15) is 4.79 Å². The highest BCUT2D eigenvalue weighted by Crippen LogP contribution is 2.30. The SMILES string of the molecule is CCOC(=O)c1ccoc1CN1CCO[C@H]2CCCC[C@H]21. The molecule has 2 heterocycles. The number of morpholine rings is 1. The molecule has 21 heavy (non-hydrogen) atoms. The van der Waals surface area contributed by atoms with Crippen LogP contribution in [0, 0.1) is 0 Å². The van der Waals surface area contributed by atoms with Gasteiger partial charge in [0.05, 0.1) is 32.1 Å². The molecule has 5 nitrogen and oxygen atoms in total. The number of esters is 1. The number of carbonyl (C=O) groups excluding carboxylic acids is 1. The van der Waals surface area contributed by atoms with Gasteiger partial charge >= 0.3 is 5.97 Å². The van der Waals surface area contributed by atoms with E-state index in [1.54, 1.807) is 12.3 Å². The van der Waals surface area contributed by atoms with Crippen molar-refractivity contribution in [2.24, 2.45) is 0 Å². The van der Waals surface area contributed by atoms with Crippen LogP contribution in [0.1, 0.15) is 48.7 Å². The van der Waals surface area contributed by atoms with E-state index in [1.807, 2.05) is 6.92 Å². The van der Waals surface area contributed by atoms with E-state index >= 15 is 0 Å². The number of rotatable bonds is 4. The standard InChI is InChI=1S/C16H23NO4/c1-2-19-16(18)12-7-9-20-15(12)11-17-8-10-21-14-6-4-3-5-13(14)17/h7,9,13-14H,2-6,8,10-11H2,1H3/t13-,14+/m1/s1. The summed E-state index contributed by atoms with van der Waals surface area (Å²) in [7, 11) is 0. The molecule has 2 fully saturated rings. The highest BCUT2D eigenvalue weighted by atomic mass is 16.5. The first-order valence-electron chi connectivity index (χ1n) is 7.88. The van der Waals surface area contributed by atoms with E-state index in [4.69, 9.17) is 13.9 Å². The third-order valence-electron chi connectivity index (χ3n) is 4.43. The Morgan fingerprint density at radius 1 is 1.43 bits per heavy atom. The van der Waals surface area contributed by atoms with Gasteiger partial charge in [0.15, 0.2) is 0 Å². The molecule has 1 saturated heterocycles. The zero-order valence-corrected chi connectivity index (χ0v) is 12.5. The average Bonchev–Trinajstić information content (AvgIpc) is 2.96. The van der Waals surface area contributed by atoms with Crippen LogP contribution < -0.4 is 0 Å². The first-order chi connectivity index (χ1) is 10.3. The summed E-state index contributed by atoms with van der Waals surface area (Å²) in [5.74, 6) is 0.411. The Labute approximate surface area is 125 Å². The minimum atomic E-state index is -0.297. The van der Waals surface area contributed by atoms with Crippen LogP contribution in [0.2, 0.25) is 0 Å². The highest BCUT2D eigenvalue weighted by molar-refractivity contribution is 5.90. The van der Waals surface area contributed by atoms with Crippen molar-refractivity contribution in [3.8, 4) is 0 Å². The van der Waals surface area contributed by atoms with Gasteiger partial charge in [-0.05, 0) is 25.8 Å². The van der Waals surface area contributed by atoms with Crippen LogP contribution in [0.4, 0.5) is 0 Å². The van der Waals surface area contributed by atoms with Gasteiger partial charge in [0, 0.05) is 12.6 Å².